The van der Waals surface area contributed by atoms with E-state index in [9.17, 15) is 0 Å². The molecule has 0 spiro atoms. The van der Waals surface area contributed by atoms with Crippen molar-refractivity contribution in [1.29, 1.82) is 0 Å². The number of benzene rings is 1. The van der Waals surface area contributed by atoms with Crippen LogP contribution in [0.3, 0.4) is 0 Å². The highest BCUT2D eigenvalue weighted by Gasteiger charge is 2.11. The third-order valence-electron chi connectivity index (χ3n) is 2.68. The van der Waals surface area contributed by atoms with Crippen molar-refractivity contribution in [1.82, 2.24) is 4.98 Å². The summed E-state index contributed by atoms with van der Waals surface area (Å²) < 4.78 is 11.2. The van der Waals surface area contributed by atoms with E-state index >= 15 is 0 Å². The first-order valence-corrected chi connectivity index (χ1v) is 6.33. The highest BCUT2D eigenvalue weighted by molar-refractivity contribution is 5.32. The maximum Gasteiger partial charge on any atom is 0.137 e. The lowest BCUT2D eigenvalue weighted by molar-refractivity contribution is 0.213. The molecule has 0 aliphatic heterocycles. The molecule has 0 amide bonds. The molecule has 0 saturated carbocycles. The fraction of sp³-hybridized carbons (Fsp3) is 0.267. The Hall–Kier alpha value is -2.07. The van der Waals surface area contributed by atoms with Crippen LogP contribution in [0.15, 0.2) is 48.8 Å². The summed E-state index contributed by atoms with van der Waals surface area (Å²) in [6.07, 6.45) is 3.31. The Morgan fingerprint density at radius 2 is 1.89 bits per heavy atom. The normalized spacial score (nSPS) is 11.9. The van der Waals surface area contributed by atoms with Crippen molar-refractivity contribution in [2.45, 2.75) is 13.0 Å². The lowest BCUT2D eigenvalue weighted by Gasteiger charge is -2.17. The first kappa shape index (κ1) is 13.4. The molecule has 0 aliphatic carbocycles. The van der Waals surface area contributed by atoms with E-state index in [0.717, 1.165) is 17.1 Å². The number of nitrogens with zero attached hydrogens (tertiary/aromatic N) is 1. The second-order valence-electron chi connectivity index (χ2n) is 4.03. The highest BCUT2D eigenvalue weighted by atomic mass is 16.5. The first-order valence-electron chi connectivity index (χ1n) is 6.33. The maximum absolute atomic E-state index is 5.86. The molecular formula is C15H18N2O2. The van der Waals surface area contributed by atoms with Crippen molar-refractivity contribution in [3.05, 3.63) is 54.4 Å². The molecule has 19 heavy (non-hydrogen) atoms. The summed E-state index contributed by atoms with van der Waals surface area (Å²) >= 11 is 0. The fourth-order valence-corrected chi connectivity index (χ4v) is 1.76. The van der Waals surface area contributed by atoms with E-state index in [1.54, 1.807) is 12.4 Å². The first-order chi connectivity index (χ1) is 9.33. The summed E-state index contributed by atoms with van der Waals surface area (Å²) in [6, 6.07) is 11.4. The van der Waals surface area contributed by atoms with Gasteiger partial charge in [0.2, 0.25) is 0 Å². The Kier molecular flexibility index (Phi) is 4.75. The van der Waals surface area contributed by atoms with Gasteiger partial charge in [0.25, 0.3) is 0 Å². The molecule has 100 valence electrons. The van der Waals surface area contributed by atoms with Crippen LogP contribution in [0.25, 0.3) is 0 Å². The van der Waals surface area contributed by atoms with Crippen molar-refractivity contribution >= 4 is 0 Å². The predicted octanol–water partition coefficient (Wildman–Crippen LogP) is 2.56. The second kappa shape index (κ2) is 6.75. The van der Waals surface area contributed by atoms with E-state index in [4.69, 9.17) is 15.2 Å². The van der Waals surface area contributed by atoms with Gasteiger partial charge in [0.15, 0.2) is 0 Å². The minimum absolute atomic E-state index is 0.188. The fourth-order valence-electron chi connectivity index (χ4n) is 1.76. The largest absolute Gasteiger partial charge is 0.494 e. The van der Waals surface area contributed by atoms with E-state index in [1.165, 1.54) is 0 Å². The smallest absolute Gasteiger partial charge is 0.137 e. The molecule has 1 atom stereocenters. The number of aromatic nitrogens is 1. The number of hydrogen-bond donors (Lipinski definition) is 1. The van der Waals surface area contributed by atoms with Gasteiger partial charge in [-0.2, -0.15) is 0 Å². The van der Waals surface area contributed by atoms with Gasteiger partial charge in [0.1, 0.15) is 17.6 Å². The summed E-state index contributed by atoms with van der Waals surface area (Å²) in [5, 5.41) is 0. The highest BCUT2D eigenvalue weighted by Crippen LogP contribution is 2.23. The molecule has 0 radical (unpaired) electrons. The quantitative estimate of drug-likeness (QED) is 0.865. The minimum atomic E-state index is -0.188. The molecule has 0 fully saturated rings. The number of pyridine rings is 1. The standard InChI is InChI=1S/C15H18N2O2/c1-2-18-13-5-7-14(8-6-13)19-15(10-16)12-4-3-9-17-11-12/h3-9,11,15H,2,10,16H2,1H3. The average molecular weight is 258 g/mol. The molecule has 1 unspecified atom stereocenters. The molecule has 1 aromatic heterocycles. The Morgan fingerprint density at radius 1 is 1.16 bits per heavy atom. The van der Waals surface area contributed by atoms with Crippen LogP contribution in [0, 0.1) is 0 Å². The molecule has 4 nitrogen and oxygen atoms in total. The topological polar surface area (TPSA) is 57.4 Å². The zero-order valence-electron chi connectivity index (χ0n) is 11.0. The predicted molar refractivity (Wildman–Crippen MR) is 74.3 cm³/mol. The molecule has 0 saturated heterocycles. The molecule has 0 aliphatic rings. The molecule has 2 rings (SSSR count). The molecule has 1 aromatic carbocycles. The van der Waals surface area contributed by atoms with Crippen LogP contribution in [-0.4, -0.2) is 18.1 Å². The van der Waals surface area contributed by atoms with Crippen LogP contribution >= 0.6 is 0 Å². The molecule has 1 heterocycles. The van der Waals surface area contributed by atoms with Gasteiger partial charge in [-0.3, -0.25) is 4.98 Å². The van der Waals surface area contributed by atoms with Crippen LogP contribution in [0.5, 0.6) is 11.5 Å². The van der Waals surface area contributed by atoms with Gasteiger partial charge in [0.05, 0.1) is 6.61 Å². The summed E-state index contributed by atoms with van der Waals surface area (Å²) in [7, 11) is 0. The van der Waals surface area contributed by atoms with Crippen LogP contribution < -0.4 is 15.2 Å². The van der Waals surface area contributed by atoms with Crippen molar-refractivity contribution in [3.63, 3.8) is 0 Å². The molecular weight excluding hydrogens is 240 g/mol. The average Bonchev–Trinajstić information content (AvgIpc) is 2.48. The van der Waals surface area contributed by atoms with Crippen LogP contribution in [0.4, 0.5) is 0 Å². The molecule has 4 heteroatoms. The van der Waals surface area contributed by atoms with Crippen molar-refractivity contribution in [3.8, 4) is 11.5 Å². The van der Waals surface area contributed by atoms with Crippen molar-refractivity contribution in [2.24, 2.45) is 5.73 Å². The van der Waals surface area contributed by atoms with E-state index in [2.05, 4.69) is 4.98 Å². The van der Waals surface area contributed by atoms with E-state index in [0.29, 0.717) is 13.2 Å². The Morgan fingerprint density at radius 3 is 2.47 bits per heavy atom. The minimum Gasteiger partial charge on any atom is -0.494 e. The van der Waals surface area contributed by atoms with Crippen LogP contribution in [0.2, 0.25) is 0 Å². The summed E-state index contributed by atoms with van der Waals surface area (Å²) in [5.41, 5.74) is 6.72. The molecule has 2 aromatic rings. The van der Waals surface area contributed by atoms with E-state index in [-0.39, 0.29) is 6.10 Å². The van der Waals surface area contributed by atoms with Gasteiger partial charge >= 0.3 is 0 Å². The number of nitrogens with two attached hydrogens (primary N) is 1. The number of rotatable bonds is 6. The van der Waals surface area contributed by atoms with Gasteiger partial charge in [-0.15, -0.1) is 0 Å². The molecule has 0 bridgehead atoms. The van der Waals surface area contributed by atoms with Crippen LogP contribution in [0.1, 0.15) is 18.6 Å². The maximum atomic E-state index is 5.86. The summed E-state index contributed by atoms with van der Waals surface area (Å²) in [5.74, 6) is 1.60. The SMILES string of the molecule is CCOc1ccc(OC(CN)c2cccnc2)cc1. The summed E-state index contributed by atoms with van der Waals surface area (Å²) in [4.78, 5) is 4.08. The van der Waals surface area contributed by atoms with Gasteiger partial charge in [-0.1, -0.05) is 6.07 Å². The van der Waals surface area contributed by atoms with E-state index < -0.39 is 0 Å². The van der Waals surface area contributed by atoms with Crippen molar-refractivity contribution in [2.75, 3.05) is 13.2 Å². The van der Waals surface area contributed by atoms with Crippen LogP contribution in [-0.2, 0) is 0 Å². The zero-order valence-corrected chi connectivity index (χ0v) is 11.0. The Labute approximate surface area is 113 Å². The third-order valence-corrected chi connectivity index (χ3v) is 2.68. The summed E-state index contributed by atoms with van der Waals surface area (Å²) in [6.45, 7) is 3.01. The monoisotopic (exact) mass is 258 g/mol. The second-order valence-corrected chi connectivity index (χ2v) is 4.03. The van der Waals surface area contributed by atoms with Gasteiger partial charge < -0.3 is 15.2 Å². The van der Waals surface area contributed by atoms with Gasteiger partial charge in [0, 0.05) is 24.5 Å². The third kappa shape index (κ3) is 3.69. The lowest BCUT2D eigenvalue weighted by Crippen LogP contribution is -2.18. The number of ether oxygens (including phenoxy) is 2. The Bertz CT molecular complexity index is 485. The lowest BCUT2D eigenvalue weighted by atomic mass is 10.1. The Balaban J connectivity index is 2.06. The zero-order chi connectivity index (χ0) is 13.5. The van der Waals surface area contributed by atoms with Gasteiger partial charge in [-0.25, -0.2) is 0 Å². The van der Waals surface area contributed by atoms with Crippen molar-refractivity contribution < 1.29 is 9.47 Å². The van der Waals surface area contributed by atoms with Gasteiger partial charge in [-0.05, 0) is 37.3 Å². The number of hydrogen-bond acceptors (Lipinski definition) is 4. The van der Waals surface area contributed by atoms with E-state index in [1.807, 2.05) is 43.3 Å². The molecule has 2 N–H and O–H groups in total.